The number of hydrogen-bond donors (Lipinski definition) is 1. The number of nitrogens with zero attached hydrogens (tertiary/aromatic N) is 1. The summed E-state index contributed by atoms with van der Waals surface area (Å²) >= 11 is 0. The van der Waals surface area contributed by atoms with Crippen molar-refractivity contribution in [2.75, 3.05) is 6.61 Å². The van der Waals surface area contributed by atoms with E-state index in [0.717, 1.165) is 17.6 Å². The van der Waals surface area contributed by atoms with E-state index in [1.165, 1.54) is 24.8 Å². The van der Waals surface area contributed by atoms with E-state index in [1.54, 1.807) is 6.92 Å². The molecular formula is C29H49NO3. The van der Waals surface area contributed by atoms with Gasteiger partial charge < -0.3 is 9.90 Å². The van der Waals surface area contributed by atoms with Crippen LogP contribution in [0.15, 0.2) is 48.6 Å². The number of aliphatic hydroxyl groups is 1. The van der Waals surface area contributed by atoms with Crippen LogP contribution in [0.4, 0.5) is 0 Å². The maximum Gasteiger partial charge on any atom is 0.138 e. The molecule has 1 aromatic carbocycles. The number of ketones is 1. The summed E-state index contributed by atoms with van der Waals surface area (Å²) in [7, 11) is 0. The molecule has 0 radical (unpaired) electrons. The Bertz CT molecular complexity index is 707. The fraction of sp³-hybridized carbons (Fsp3) is 0.552. The van der Waals surface area contributed by atoms with Crippen LogP contribution in [0.1, 0.15) is 92.6 Å². The average Bonchev–Trinajstić information content (AvgIpc) is 2.95. The second kappa shape index (κ2) is 22.7. The van der Waals surface area contributed by atoms with E-state index in [1.807, 2.05) is 51.8 Å². The lowest BCUT2D eigenvalue weighted by Crippen LogP contribution is -2.27. The number of carbonyl (C=O) groups excluding carboxylic acids is 2. The Kier molecular flexibility index (Phi) is 24.1. The van der Waals surface area contributed by atoms with E-state index in [0.29, 0.717) is 24.5 Å². The first kappa shape index (κ1) is 35.1. The quantitative estimate of drug-likeness (QED) is 0.491. The first-order chi connectivity index (χ1) is 15.8. The zero-order valence-electron chi connectivity index (χ0n) is 22.1. The van der Waals surface area contributed by atoms with Gasteiger partial charge in [-0.05, 0) is 49.3 Å². The van der Waals surface area contributed by atoms with Crippen molar-refractivity contribution in [3.63, 3.8) is 0 Å². The first-order valence-corrected chi connectivity index (χ1v) is 12.0. The number of carbonyl (C=O) groups is 2. The van der Waals surface area contributed by atoms with Crippen molar-refractivity contribution in [2.24, 2.45) is 11.3 Å². The summed E-state index contributed by atoms with van der Waals surface area (Å²) in [5.74, 6) is 0.964. The van der Waals surface area contributed by atoms with Gasteiger partial charge in [-0.2, -0.15) is 5.26 Å². The smallest absolute Gasteiger partial charge is 0.138 e. The molecule has 0 aromatic heterocycles. The number of allylic oxidation sites excluding steroid dienone is 3. The summed E-state index contributed by atoms with van der Waals surface area (Å²) in [5, 5.41) is 15.9. The van der Waals surface area contributed by atoms with Gasteiger partial charge in [-0.1, -0.05) is 90.3 Å². The number of benzene rings is 1. The van der Waals surface area contributed by atoms with Gasteiger partial charge in [0.15, 0.2) is 0 Å². The van der Waals surface area contributed by atoms with E-state index in [9.17, 15) is 4.79 Å². The standard InChI is InChI=1S/C16H26O.C8H7N.C2H6O.C2H6.CH2O.H2/c1-5-7-8-14(6-2)16(4)10-9-13(3)11-15(17)12-16;1-7-2-4-8(6-9)5-3-7;1-2-3;2*1-2;/h9-10,14H,3,5-8,11-12H2,1-2,4H3;2-5H,1H3;3H,2H2,1H3;1-2H3;1H2;1H/t14?,16-;;;;;/m0...../s1. The number of Topliss-reactive ketones (excluding diaryl/α,β-unsaturated/α-hetero) is 1. The number of aryl methyl sites for hydroxylation is 1. The van der Waals surface area contributed by atoms with Crippen molar-refractivity contribution >= 4 is 12.6 Å². The maximum atomic E-state index is 11.9. The lowest BCUT2D eigenvalue weighted by Gasteiger charge is -2.34. The highest BCUT2D eigenvalue weighted by atomic mass is 16.2. The van der Waals surface area contributed by atoms with Crippen molar-refractivity contribution in [3.8, 4) is 6.07 Å². The number of aliphatic hydroxyl groups excluding tert-OH is 1. The van der Waals surface area contributed by atoms with Crippen molar-refractivity contribution < 1.29 is 16.1 Å². The Morgan fingerprint density at radius 3 is 2.12 bits per heavy atom. The number of unbranched alkanes of at least 4 members (excludes halogenated alkanes) is 1. The fourth-order valence-electron chi connectivity index (χ4n) is 3.53. The third kappa shape index (κ3) is 16.7. The zero-order chi connectivity index (χ0) is 26.3. The molecule has 0 aliphatic heterocycles. The molecule has 0 fully saturated rings. The molecule has 0 saturated heterocycles. The summed E-state index contributed by atoms with van der Waals surface area (Å²) in [5.41, 5.74) is 2.92. The molecule has 2 atom stereocenters. The number of nitriles is 1. The zero-order valence-corrected chi connectivity index (χ0v) is 22.1. The van der Waals surface area contributed by atoms with E-state index >= 15 is 0 Å². The van der Waals surface area contributed by atoms with Gasteiger partial charge in [0.1, 0.15) is 12.6 Å². The highest BCUT2D eigenvalue weighted by molar-refractivity contribution is 5.83. The minimum atomic E-state index is 0. The minimum Gasteiger partial charge on any atom is -0.397 e. The Labute approximate surface area is 204 Å². The van der Waals surface area contributed by atoms with Crippen LogP contribution in [0.25, 0.3) is 0 Å². The third-order valence-corrected chi connectivity index (χ3v) is 5.21. The van der Waals surface area contributed by atoms with E-state index in [-0.39, 0.29) is 13.4 Å². The van der Waals surface area contributed by atoms with Crippen molar-refractivity contribution in [1.82, 2.24) is 0 Å². The number of rotatable bonds is 5. The van der Waals surface area contributed by atoms with Gasteiger partial charge in [-0.15, -0.1) is 0 Å². The van der Waals surface area contributed by atoms with Crippen LogP contribution in [0.5, 0.6) is 0 Å². The average molecular weight is 460 g/mol. The predicted octanol–water partition coefficient (Wildman–Crippen LogP) is 7.64. The van der Waals surface area contributed by atoms with Gasteiger partial charge in [0.2, 0.25) is 0 Å². The molecule has 0 bridgehead atoms. The molecule has 0 saturated carbocycles. The Morgan fingerprint density at radius 1 is 1.18 bits per heavy atom. The molecule has 2 rings (SSSR count). The third-order valence-electron chi connectivity index (χ3n) is 5.21. The summed E-state index contributed by atoms with van der Waals surface area (Å²) in [6, 6.07) is 9.54. The van der Waals surface area contributed by atoms with Crippen molar-refractivity contribution in [2.45, 2.75) is 87.0 Å². The van der Waals surface area contributed by atoms with Gasteiger partial charge in [0, 0.05) is 20.9 Å². The van der Waals surface area contributed by atoms with Gasteiger partial charge in [-0.25, -0.2) is 0 Å². The van der Waals surface area contributed by atoms with Gasteiger partial charge in [0.25, 0.3) is 0 Å². The van der Waals surface area contributed by atoms with Crippen LogP contribution in [-0.4, -0.2) is 24.3 Å². The van der Waals surface area contributed by atoms with Gasteiger partial charge in [-0.3, -0.25) is 4.79 Å². The van der Waals surface area contributed by atoms with Crippen molar-refractivity contribution in [1.29, 1.82) is 5.26 Å². The van der Waals surface area contributed by atoms with E-state index in [2.05, 4.69) is 45.6 Å². The molecular weight excluding hydrogens is 410 g/mol. The molecule has 1 unspecified atom stereocenters. The lowest BCUT2D eigenvalue weighted by molar-refractivity contribution is -0.120. The highest BCUT2D eigenvalue weighted by Crippen LogP contribution is 2.40. The highest BCUT2D eigenvalue weighted by Gasteiger charge is 2.33. The van der Waals surface area contributed by atoms with Crippen molar-refractivity contribution in [3.05, 3.63) is 59.7 Å². The van der Waals surface area contributed by atoms with E-state index < -0.39 is 0 Å². The minimum absolute atomic E-state index is 0. The second-order valence-electron chi connectivity index (χ2n) is 7.93. The summed E-state index contributed by atoms with van der Waals surface area (Å²) in [4.78, 5) is 19.9. The molecule has 1 aliphatic carbocycles. The molecule has 1 aliphatic rings. The Hall–Kier alpha value is -2.51. The van der Waals surface area contributed by atoms with Crippen LogP contribution in [-0.2, 0) is 9.59 Å². The summed E-state index contributed by atoms with van der Waals surface area (Å²) in [6.45, 7) is 20.6. The summed E-state index contributed by atoms with van der Waals surface area (Å²) < 4.78 is 0. The normalized spacial score (nSPS) is 17.1. The molecule has 4 nitrogen and oxygen atoms in total. The van der Waals surface area contributed by atoms with Crippen LogP contribution >= 0.6 is 0 Å². The Balaban J connectivity index is -0.000000223. The van der Waals surface area contributed by atoms with E-state index in [4.69, 9.17) is 15.2 Å². The lowest BCUT2D eigenvalue weighted by atomic mass is 9.70. The molecule has 0 amide bonds. The second-order valence-corrected chi connectivity index (χ2v) is 7.93. The summed E-state index contributed by atoms with van der Waals surface area (Å²) in [6.07, 6.45) is 10.4. The molecule has 1 aromatic rings. The monoisotopic (exact) mass is 459 g/mol. The van der Waals surface area contributed by atoms with Crippen LogP contribution in [0.2, 0.25) is 0 Å². The van der Waals surface area contributed by atoms with Crippen LogP contribution in [0.3, 0.4) is 0 Å². The molecule has 0 heterocycles. The number of hydrogen-bond acceptors (Lipinski definition) is 4. The Morgan fingerprint density at radius 2 is 1.70 bits per heavy atom. The topological polar surface area (TPSA) is 78.2 Å². The largest absolute Gasteiger partial charge is 0.397 e. The predicted molar refractivity (Wildman–Crippen MR) is 143 cm³/mol. The first-order valence-electron chi connectivity index (χ1n) is 12.0. The van der Waals surface area contributed by atoms with Gasteiger partial charge >= 0.3 is 0 Å². The fourth-order valence-corrected chi connectivity index (χ4v) is 3.53. The van der Waals surface area contributed by atoms with Gasteiger partial charge in [0.05, 0.1) is 11.6 Å². The molecule has 0 spiro atoms. The molecule has 33 heavy (non-hydrogen) atoms. The maximum absolute atomic E-state index is 11.9. The molecule has 4 heteroatoms. The molecule has 188 valence electrons. The SMILES string of the molecule is C=C1C=C[C@](C)(C(CC)CCCC)CC(=O)C1.C=O.CC.CCO.Cc1ccc(C#N)cc1.[HH]. The van der Waals surface area contributed by atoms with Crippen LogP contribution < -0.4 is 0 Å². The molecule has 1 N–H and O–H groups in total. The van der Waals surface area contributed by atoms with Crippen LogP contribution in [0, 0.1) is 29.6 Å².